The van der Waals surface area contributed by atoms with Crippen molar-refractivity contribution in [2.75, 3.05) is 5.73 Å². The Bertz CT molecular complexity index is 300. The molecule has 0 aromatic carbocycles. The first kappa shape index (κ1) is 7.94. The van der Waals surface area contributed by atoms with Gasteiger partial charge in [0.15, 0.2) is 5.78 Å². The fraction of sp³-hybridized carbons (Fsp3) is 0.167. The second kappa shape index (κ2) is 2.84. The number of rotatable bonds is 1. The molecule has 0 radical (unpaired) electrons. The molecule has 5 heteroatoms. The molecule has 11 heavy (non-hydrogen) atoms. The molecule has 58 valence electrons. The molecule has 1 aromatic heterocycles. The Hall–Kier alpha value is -1.16. The lowest BCUT2D eigenvalue weighted by Crippen LogP contribution is -2.03. The van der Waals surface area contributed by atoms with E-state index in [0.717, 1.165) is 0 Å². The van der Waals surface area contributed by atoms with Gasteiger partial charge in [-0.3, -0.25) is 4.79 Å². The summed E-state index contributed by atoms with van der Waals surface area (Å²) in [6.07, 6.45) is 1.31. The quantitative estimate of drug-likeness (QED) is 0.504. The van der Waals surface area contributed by atoms with Gasteiger partial charge in [0.05, 0.1) is 5.56 Å². The Morgan fingerprint density at radius 2 is 2.36 bits per heavy atom. The van der Waals surface area contributed by atoms with Crippen LogP contribution in [0.1, 0.15) is 17.3 Å². The van der Waals surface area contributed by atoms with Crippen LogP contribution in [0.15, 0.2) is 6.20 Å². The number of carbonyl (C=O) groups excluding carboxylic acids is 1. The molecular formula is C6H6ClN3O. The van der Waals surface area contributed by atoms with E-state index in [4.69, 9.17) is 17.3 Å². The second-order valence-corrected chi connectivity index (χ2v) is 2.33. The van der Waals surface area contributed by atoms with Gasteiger partial charge < -0.3 is 5.73 Å². The number of nitrogens with two attached hydrogens (primary N) is 1. The van der Waals surface area contributed by atoms with Crippen molar-refractivity contribution in [3.05, 3.63) is 17.0 Å². The highest BCUT2D eigenvalue weighted by atomic mass is 35.5. The monoisotopic (exact) mass is 171 g/mol. The number of nitrogens with zero attached hydrogens (tertiary/aromatic N) is 2. The van der Waals surface area contributed by atoms with E-state index in [1.54, 1.807) is 0 Å². The molecular weight excluding hydrogens is 166 g/mol. The summed E-state index contributed by atoms with van der Waals surface area (Å²) in [5.41, 5.74) is 5.67. The first-order valence-electron chi connectivity index (χ1n) is 2.90. The topological polar surface area (TPSA) is 68.9 Å². The maximum atomic E-state index is 10.8. The van der Waals surface area contributed by atoms with Crippen LogP contribution < -0.4 is 5.73 Å². The van der Waals surface area contributed by atoms with Crippen LogP contribution >= 0.6 is 11.6 Å². The van der Waals surface area contributed by atoms with Crippen LogP contribution in [0, 0.1) is 0 Å². The molecule has 0 bridgehead atoms. The van der Waals surface area contributed by atoms with Gasteiger partial charge in [-0.05, 0) is 18.5 Å². The molecule has 1 rings (SSSR count). The zero-order valence-electron chi connectivity index (χ0n) is 5.84. The predicted molar refractivity (Wildman–Crippen MR) is 41.5 cm³/mol. The largest absolute Gasteiger partial charge is 0.383 e. The van der Waals surface area contributed by atoms with Crippen LogP contribution in [0.25, 0.3) is 0 Å². The second-order valence-electron chi connectivity index (χ2n) is 1.99. The molecule has 0 saturated heterocycles. The van der Waals surface area contributed by atoms with Gasteiger partial charge in [0.25, 0.3) is 0 Å². The smallest absolute Gasteiger partial charge is 0.224 e. The Kier molecular flexibility index (Phi) is 2.05. The lowest BCUT2D eigenvalue weighted by Gasteiger charge is -1.98. The highest BCUT2D eigenvalue weighted by Gasteiger charge is 2.06. The standard InChI is InChI=1S/C6H6ClN3O/c1-3(11)4-2-9-6(7)10-5(4)8/h2H,1H3,(H2,8,9,10). The Labute approximate surface area is 68.4 Å². The number of anilines is 1. The van der Waals surface area contributed by atoms with E-state index >= 15 is 0 Å². The number of hydrogen-bond donors (Lipinski definition) is 1. The number of ketones is 1. The zero-order chi connectivity index (χ0) is 8.43. The van der Waals surface area contributed by atoms with Crippen molar-refractivity contribution >= 4 is 23.2 Å². The summed E-state index contributed by atoms with van der Waals surface area (Å²) in [5.74, 6) is -0.0448. The Balaban J connectivity index is 3.20. The molecule has 1 heterocycles. The summed E-state index contributed by atoms with van der Waals surface area (Å²) >= 11 is 5.41. The average molecular weight is 172 g/mol. The third-order valence-electron chi connectivity index (χ3n) is 1.17. The maximum Gasteiger partial charge on any atom is 0.224 e. The maximum absolute atomic E-state index is 10.8. The summed E-state index contributed by atoms with van der Waals surface area (Å²) in [7, 11) is 0. The summed E-state index contributed by atoms with van der Waals surface area (Å²) in [6, 6.07) is 0. The number of hydrogen-bond acceptors (Lipinski definition) is 4. The van der Waals surface area contributed by atoms with Crippen LogP contribution in [0.3, 0.4) is 0 Å². The van der Waals surface area contributed by atoms with Gasteiger partial charge in [0.1, 0.15) is 5.82 Å². The van der Waals surface area contributed by atoms with Crippen molar-refractivity contribution in [1.82, 2.24) is 9.97 Å². The van der Waals surface area contributed by atoms with Crippen molar-refractivity contribution in [3.8, 4) is 0 Å². The minimum atomic E-state index is -0.167. The Morgan fingerprint density at radius 3 is 2.82 bits per heavy atom. The van der Waals surface area contributed by atoms with Crippen LogP contribution in [0.5, 0.6) is 0 Å². The predicted octanol–water partition coefficient (Wildman–Crippen LogP) is 0.915. The van der Waals surface area contributed by atoms with Gasteiger partial charge in [-0.1, -0.05) is 0 Å². The van der Waals surface area contributed by atoms with Gasteiger partial charge in [-0.2, -0.15) is 0 Å². The number of halogens is 1. The lowest BCUT2D eigenvalue weighted by atomic mass is 10.2. The summed E-state index contributed by atoms with van der Waals surface area (Å²) < 4.78 is 0. The van der Waals surface area contributed by atoms with Crippen molar-refractivity contribution in [2.45, 2.75) is 6.92 Å². The number of Topliss-reactive ketones (excluding diaryl/α,β-unsaturated/α-hetero) is 1. The van der Waals surface area contributed by atoms with Gasteiger partial charge in [-0.15, -0.1) is 0 Å². The van der Waals surface area contributed by atoms with E-state index in [-0.39, 0.29) is 16.9 Å². The molecule has 4 nitrogen and oxygen atoms in total. The first-order valence-corrected chi connectivity index (χ1v) is 3.28. The van der Waals surface area contributed by atoms with E-state index in [2.05, 4.69) is 9.97 Å². The van der Waals surface area contributed by atoms with Crippen LogP contribution in [0.2, 0.25) is 5.28 Å². The zero-order valence-corrected chi connectivity index (χ0v) is 6.59. The molecule has 0 fully saturated rings. The van der Waals surface area contributed by atoms with Gasteiger partial charge in [0, 0.05) is 6.20 Å². The van der Waals surface area contributed by atoms with Crippen LogP contribution in [-0.2, 0) is 0 Å². The minimum Gasteiger partial charge on any atom is -0.383 e. The molecule has 0 unspecified atom stereocenters. The number of aromatic nitrogens is 2. The molecule has 0 aliphatic rings. The number of carbonyl (C=O) groups is 1. The first-order chi connectivity index (χ1) is 5.11. The lowest BCUT2D eigenvalue weighted by molar-refractivity contribution is 0.101. The van der Waals surface area contributed by atoms with Crippen molar-refractivity contribution in [3.63, 3.8) is 0 Å². The van der Waals surface area contributed by atoms with E-state index in [1.165, 1.54) is 13.1 Å². The van der Waals surface area contributed by atoms with Crippen molar-refractivity contribution < 1.29 is 4.79 Å². The molecule has 1 aromatic rings. The fourth-order valence-electron chi connectivity index (χ4n) is 0.644. The molecule has 0 saturated carbocycles. The van der Waals surface area contributed by atoms with Gasteiger partial charge >= 0.3 is 0 Å². The minimum absolute atomic E-state index is 0.0486. The normalized spacial score (nSPS) is 9.64. The average Bonchev–Trinajstić information content (AvgIpc) is 1.85. The van der Waals surface area contributed by atoms with Crippen LogP contribution in [0.4, 0.5) is 5.82 Å². The molecule has 0 aliphatic carbocycles. The Morgan fingerprint density at radius 1 is 1.73 bits per heavy atom. The molecule has 0 atom stereocenters. The van der Waals surface area contributed by atoms with E-state index in [9.17, 15) is 4.79 Å². The molecule has 2 N–H and O–H groups in total. The van der Waals surface area contributed by atoms with Crippen LogP contribution in [-0.4, -0.2) is 15.8 Å². The number of nitrogen functional groups attached to an aromatic ring is 1. The fourth-order valence-corrected chi connectivity index (χ4v) is 0.784. The van der Waals surface area contributed by atoms with Crippen molar-refractivity contribution in [1.29, 1.82) is 0 Å². The summed E-state index contributed by atoms with van der Waals surface area (Å²) in [6.45, 7) is 1.39. The molecule has 0 amide bonds. The third kappa shape index (κ3) is 1.65. The SMILES string of the molecule is CC(=O)c1cnc(Cl)nc1N. The van der Waals surface area contributed by atoms with Gasteiger partial charge in [-0.25, -0.2) is 9.97 Å². The summed E-state index contributed by atoms with van der Waals surface area (Å²) in [4.78, 5) is 18.0. The highest BCUT2D eigenvalue weighted by molar-refractivity contribution is 6.28. The summed E-state index contributed by atoms with van der Waals surface area (Å²) in [5, 5.41) is 0.0486. The molecule has 0 aliphatic heterocycles. The van der Waals surface area contributed by atoms with E-state index in [0.29, 0.717) is 5.56 Å². The van der Waals surface area contributed by atoms with Crippen molar-refractivity contribution in [2.24, 2.45) is 0 Å². The highest BCUT2D eigenvalue weighted by Crippen LogP contribution is 2.09. The van der Waals surface area contributed by atoms with E-state index < -0.39 is 0 Å². The van der Waals surface area contributed by atoms with E-state index in [1.807, 2.05) is 0 Å². The molecule has 0 spiro atoms. The third-order valence-corrected chi connectivity index (χ3v) is 1.35. The van der Waals surface area contributed by atoms with Gasteiger partial charge in [0.2, 0.25) is 5.28 Å².